The van der Waals surface area contributed by atoms with Gasteiger partial charge in [-0.05, 0) is 13.0 Å². The lowest BCUT2D eigenvalue weighted by atomic mass is 10.2. The minimum Gasteiger partial charge on any atom is -0.475 e. The second kappa shape index (κ2) is 3.38. The number of carboxylic acid groups (broad SMARTS) is 1. The molecule has 5 nitrogen and oxygen atoms in total. The van der Waals surface area contributed by atoms with Gasteiger partial charge in [0.25, 0.3) is 0 Å². The standard InChI is InChI=1S/C7H9NO4/c1-4-5(3-8-11)2-6(12-4)7(9)10/h2,8,11H,3H2,1H3,(H,9,10). The second-order valence-corrected chi connectivity index (χ2v) is 2.33. The highest BCUT2D eigenvalue weighted by Crippen LogP contribution is 2.13. The van der Waals surface area contributed by atoms with Crippen molar-refractivity contribution < 1.29 is 19.5 Å². The van der Waals surface area contributed by atoms with E-state index in [0.29, 0.717) is 11.3 Å². The molecular weight excluding hydrogens is 162 g/mol. The quantitative estimate of drug-likeness (QED) is 0.585. The topological polar surface area (TPSA) is 82.7 Å². The monoisotopic (exact) mass is 171 g/mol. The molecule has 12 heavy (non-hydrogen) atoms. The molecule has 0 saturated carbocycles. The SMILES string of the molecule is Cc1oc(C(=O)O)cc1CNO. The Bertz CT molecular complexity index is 292. The molecule has 0 bridgehead atoms. The predicted molar refractivity (Wildman–Crippen MR) is 39.0 cm³/mol. The summed E-state index contributed by atoms with van der Waals surface area (Å²) in [5.41, 5.74) is 2.56. The van der Waals surface area contributed by atoms with Crippen molar-refractivity contribution in [3.05, 3.63) is 23.2 Å². The number of carboxylic acids is 1. The van der Waals surface area contributed by atoms with E-state index >= 15 is 0 Å². The number of hydrogen-bond acceptors (Lipinski definition) is 4. The zero-order valence-electron chi connectivity index (χ0n) is 6.50. The molecule has 0 saturated heterocycles. The Balaban J connectivity index is 2.92. The largest absolute Gasteiger partial charge is 0.475 e. The lowest BCUT2D eigenvalue weighted by molar-refractivity contribution is 0.0661. The van der Waals surface area contributed by atoms with Crippen LogP contribution in [0.25, 0.3) is 0 Å². The average Bonchev–Trinajstić information content (AvgIpc) is 2.34. The lowest BCUT2D eigenvalue weighted by Gasteiger charge is -1.92. The Labute approximate surface area is 68.6 Å². The van der Waals surface area contributed by atoms with Gasteiger partial charge in [-0.3, -0.25) is 0 Å². The van der Waals surface area contributed by atoms with E-state index in [1.807, 2.05) is 5.48 Å². The van der Waals surface area contributed by atoms with Gasteiger partial charge in [0.2, 0.25) is 5.76 Å². The summed E-state index contributed by atoms with van der Waals surface area (Å²) in [5, 5.41) is 16.9. The molecule has 0 aromatic carbocycles. The third-order valence-electron chi connectivity index (χ3n) is 1.50. The van der Waals surface area contributed by atoms with Crippen LogP contribution in [0.3, 0.4) is 0 Å². The van der Waals surface area contributed by atoms with Crippen molar-refractivity contribution in [1.82, 2.24) is 5.48 Å². The first-order valence-corrected chi connectivity index (χ1v) is 3.34. The van der Waals surface area contributed by atoms with Crippen LogP contribution in [-0.4, -0.2) is 16.3 Å². The first-order valence-electron chi connectivity index (χ1n) is 3.34. The van der Waals surface area contributed by atoms with Crippen molar-refractivity contribution in [2.75, 3.05) is 0 Å². The van der Waals surface area contributed by atoms with E-state index in [1.54, 1.807) is 6.92 Å². The molecule has 0 radical (unpaired) electrons. The predicted octanol–water partition coefficient (Wildman–Crippen LogP) is 0.765. The van der Waals surface area contributed by atoms with E-state index in [0.717, 1.165) is 0 Å². The van der Waals surface area contributed by atoms with Crippen molar-refractivity contribution >= 4 is 5.97 Å². The summed E-state index contributed by atoms with van der Waals surface area (Å²) in [6, 6.07) is 1.38. The average molecular weight is 171 g/mol. The van der Waals surface area contributed by atoms with Crippen molar-refractivity contribution in [2.24, 2.45) is 0 Å². The number of carbonyl (C=O) groups is 1. The maximum absolute atomic E-state index is 10.4. The van der Waals surface area contributed by atoms with Gasteiger partial charge in [-0.25, -0.2) is 10.3 Å². The zero-order chi connectivity index (χ0) is 9.14. The van der Waals surface area contributed by atoms with E-state index in [1.165, 1.54) is 6.07 Å². The summed E-state index contributed by atoms with van der Waals surface area (Å²) in [5.74, 6) is -0.728. The normalized spacial score (nSPS) is 10.2. The molecule has 0 amide bonds. The van der Waals surface area contributed by atoms with E-state index < -0.39 is 5.97 Å². The minimum absolute atomic E-state index is 0.113. The van der Waals surface area contributed by atoms with Crippen LogP contribution < -0.4 is 5.48 Å². The van der Waals surface area contributed by atoms with Gasteiger partial charge in [-0.15, -0.1) is 0 Å². The van der Waals surface area contributed by atoms with E-state index in [-0.39, 0.29) is 12.3 Å². The van der Waals surface area contributed by atoms with Crippen LogP contribution in [0.4, 0.5) is 0 Å². The molecule has 0 aliphatic rings. The molecule has 1 aromatic rings. The third kappa shape index (κ3) is 1.63. The van der Waals surface area contributed by atoms with Crippen molar-refractivity contribution in [1.29, 1.82) is 0 Å². The van der Waals surface area contributed by atoms with Crippen LogP contribution in [0.5, 0.6) is 0 Å². The molecule has 0 atom stereocenters. The highest BCUT2D eigenvalue weighted by atomic mass is 16.5. The Morgan fingerprint density at radius 2 is 2.42 bits per heavy atom. The highest BCUT2D eigenvalue weighted by molar-refractivity contribution is 5.84. The summed E-state index contributed by atoms with van der Waals surface area (Å²) in [6.07, 6.45) is 0. The minimum atomic E-state index is -1.11. The van der Waals surface area contributed by atoms with Gasteiger partial charge < -0.3 is 14.7 Å². The fourth-order valence-corrected chi connectivity index (χ4v) is 0.886. The molecule has 0 fully saturated rings. The summed E-state index contributed by atoms with van der Waals surface area (Å²) in [6.45, 7) is 1.82. The maximum Gasteiger partial charge on any atom is 0.371 e. The summed E-state index contributed by atoms with van der Waals surface area (Å²) in [7, 11) is 0. The number of hydroxylamine groups is 1. The van der Waals surface area contributed by atoms with E-state index in [4.69, 9.17) is 14.7 Å². The molecule has 0 spiro atoms. The van der Waals surface area contributed by atoms with Gasteiger partial charge >= 0.3 is 5.97 Å². The fourth-order valence-electron chi connectivity index (χ4n) is 0.886. The summed E-state index contributed by atoms with van der Waals surface area (Å²) < 4.78 is 4.88. The lowest BCUT2D eigenvalue weighted by Crippen LogP contribution is -2.05. The summed E-state index contributed by atoms with van der Waals surface area (Å²) >= 11 is 0. The van der Waals surface area contributed by atoms with E-state index in [2.05, 4.69) is 0 Å². The second-order valence-electron chi connectivity index (χ2n) is 2.33. The first kappa shape index (κ1) is 8.76. The molecule has 0 aliphatic carbocycles. The Kier molecular flexibility index (Phi) is 2.47. The highest BCUT2D eigenvalue weighted by Gasteiger charge is 2.11. The molecule has 0 unspecified atom stereocenters. The van der Waals surface area contributed by atoms with E-state index in [9.17, 15) is 4.79 Å². The molecule has 5 heteroatoms. The van der Waals surface area contributed by atoms with Gasteiger partial charge in [0.05, 0.1) is 0 Å². The van der Waals surface area contributed by atoms with Gasteiger partial charge in [-0.1, -0.05) is 0 Å². The molecule has 3 N–H and O–H groups in total. The smallest absolute Gasteiger partial charge is 0.371 e. The number of furan rings is 1. The fraction of sp³-hybridized carbons (Fsp3) is 0.286. The molecule has 66 valence electrons. The van der Waals surface area contributed by atoms with Crippen LogP contribution in [0.1, 0.15) is 21.9 Å². The Morgan fingerprint density at radius 3 is 2.83 bits per heavy atom. The molecule has 1 heterocycles. The molecule has 0 aliphatic heterocycles. The van der Waals surface area contributed by atoms with Crippen LogP contribution in [-0.2, 0) is 6.54 Å². The van der Waals surface area contributed by atoms with Gasteiger partial charge in [0.1, 0.15) is 5.76 Å². The molecule has 1 aromatic heterocycles. The number of aryl methyl sites for hydroxylation is 1. The zero-order valence-corrected chi connectivity index (χ0v) is 6.50. The van der Waals surface area contributed by atoms with Crippen molar-refractivity contribution in [3.63, 3.8) is 0 Å². The molecule has 1 rings (SSSR count). The third-order valence-corrected chi connectivity index (χ3v) is 1.50. The maximum atomic E-state index is 10.4. The summed E-state index contributed by atoms with van der Waals surface area (Å²) in [4.78, 5) is 10.4. The molecular formula is C7H9NO4. The Hall–Kier alpha value is -1.33. The van der Waals surface area contributed by atoms with Crippen LogP contribution >= 0.6 is 0 Å². The van der Waals surface area contributed by atoms with Crippen LogP contribution in [0, 0.1) is 6.92 Å². The number of nitrogens with one attached hydrogen (secondary N) is 1. The van der Waals surface area contributed by atoms with Crippen molar-refractivity contribution in [2.45, 2.75) is 13.5 Å². The number of aromatic carboxylic acids is 1. The first-order chi connectivity index (χ1) is 5.65. The Morgan fingerprint density at radius 1 is 1.75 bits per heavy atom. The number of rotatable bonds is 3. The number of hydrogen-bond donors (Lipinski definition) is 3. The van der Waals surface area contributed by atoms with Crippen LogP contribution in [0.15, 0.2) is 10.5 Å². The van der Waals surface area contributed by atoms with Crippen molar-refractivity contribution in [3.8, 4) is 0 Å². The van der Waals surface area contributed by atoms with Crippen LogP contribution in [0.2, 0.25) is 0 Å². The van der Waals surface area contributed by atoms with Gasteiger partial charge in [0.15, 0.2) is 0 Å². The van der Waals surface area contributed by atoms with Gasteiger partial charge in [0, 0.05) is 12.1 Å². The van der Waals surface area contributed by atoms with Gasteiger partial charge in [-0.2, -0.15) is 0 Å².